The first kappa shape index (κ1) is 8.82. The van der Waals surface area contributed by atoms with Crippen molar-refractivity contribution in [3.05, 3.63) is 23.5 Å². The molecular formula is C11H18N2. The number of aromatic nitrogens is 1. The highest BCUT2D eigenvalue weighted by atomic mass is 15.1. The van der Waals surface area contributed by atoms with Crippen molar-refractivity contribution in [1.29, 1.82) is 0 Å². The van der Waals surface area contributed by atoms with Gasteiger partial charge in [0.15, 0.2) is 0 Å². The lowest BCUT2D eigenvalue weighted by atomic mass is 9.96. The molecule has 0 bridgehead atoms. The van der Waals surface area contributed by atoms with Crippen LogP contribution in [-0.2, 0) is 6.42 Å². The van der Waals surface area contributed by atoms with E-state index < -0.39 is 0 Å². The normalized spacial score (nSPS) is 23.1. The van der Waals surface area contributed by atoms with Gasteiger partial charge >= 0.3 is 0 Å². The first-order chi connectivity index (χ1) is 6.33. The van der Waals surface area contributed by atoms with Gasteiger partial charge in [-0.3, -0.25) is 4.90 Å². The lowest BCUT2D eigenvalue weighted by molar-refractivity contribution is 0.217. The fraction of sp³-hybridized carbons (Fsp3) is 0.636. The average molecular weight is 178 g/mol. The first-order valence-electron chi connectivity index (χ1n) is 5.19. The minimum atomic E-state index is 0.653. The molecular weight excluding hydrogens is 160 g/mol. The summed E-state index contributed by atoms with van der Waals surface area (Å²) in [6.07, 6.45) is 5.80. The van der Waals surface area contributed by atoms with Crippen LogP contribution in [0.2, 0.25) is 0 Å². The van der Waals surface area contributed by atoms with E-state index in [-0.39, 0.29) is 0 Å². The molecule has 2 heterocycles. The molecule has 0 aliphatic carbocycles. The summed E-state index contributed by atoms with van der Waals surface area (Å²) in [6.45, 7) is 3.45. The molecule has 0 aromatic carbocycles. The number of H-pyrrole nitrogens is 1. The van der Waals surface area contributed by atoms with E-state index >= 15 is 0 Å². The molecule has 1 aliphatic heterocycles. The summed E-state index contributed by atoms with van der Waals surface area (Å²) < 4.78 is 0. The molecule has 0 saturated heterocycles. The second kappa shape index (κ2) is 3.54. The van der Waals surface area contributed by atoms with E-state index in [4.69, 9.17) is 0 Å². The first-order valence-corrected chi connectivity index (χ1v) is 5.19. The Bertz CT molecular complexity index is 277. The predicted octanol–water partition coefficient (Wildman–Crippen LogP) is 2.34. The summed E-state index contributed by atoms with van der Waals surface area (Å²) in [4.78, 5) is 5.81. The van der Waals surface area contributed by atoms with Crippen LogP contribution in [0, 0.1) is 0 Å². The van der Waals surface area contributed by atoms with Gasteiger partial charge in [-0.1, -0.05) is 13.3 Å². The van der Waals surface area contributed by atoms with Gasteiger partial charge in [0.25, 0.3) is 0 Å². The van der Waals surface area contributed by atoms with Crippen LogP contribution < -0.4 is 0 Å². The van der Waals surface area contributed by atoms with Crippen molar-refractivity contribution >= 4 is 0 Å². The number of hydrogen-bond donors (Lipinski definition) is 1. The fourth-order valence-electron chi connectivity index (χ4n) is 2.28. The summed E-state index contributed by atoms with van der Waals surface area (Å²) in [5, 5.41) is 0. The van der Waals surface area contributed by atoms with Crippen LogP contribution in [0.4, 0.5) is 0 Å². The van der Waals surface area contributed by atoms with Crippen LogP contribution in [0.5, 0.6) is 0 Å². The molecule has 1 N–H and O–H groups in total. The lowest BCUT2D eigenvalue weighted by Gasteiger charge is -2.32. The quantitative estimate of drug-likeness (QED) is 0.736. The van der Waals surface area contributed by atoms with E-state index in [2.05, 4.69) is 36.1 Å². The van der Waals surface area contributed by atoms with E-state index in [9.17, 15) is 0 Å². The maximum Gasteiger partial charge on any atom is 0.0362 e. The smallest absolute Gasteiger partial charge is 0.0362 e. The Hall–Kier alpha value is -0.760. The van der Waals surface area contributed by atoms with Crippen molar-refractivity contribution in [1.82, 2.24) is 9.88 Å². The number of aromatic amines is 1. The number of rotatable bonds is 2. The molecule has 0 radical (unpaired) electrons. The lowest BCUT2D eigenvalue weighted by Crippen LogP contribution is -2.31. The number of likely N-dealkylation sites (N-methyl/N-ethyl adjacent to an activating group) is 1. The molecule has 0 amide bonds. The molecule has 1 atom stereocenters. The van der Waals surface area contributed by atoms with Crippen molar-refractivity contribution < 1.29 is 0 Å². The van der Waals surface area contributed by atoms with Crippen molar-refractivity contribution in [3.8, 4) is 0 Å². The third-order valence-electron chi connectivity index (χ3n) is 3.04. The molecule has 0 fully saturated rings. The van der Waals surface area contributed by atoms with Crippen molar-refractivity contribution in [2.75, 3.05) is 13.6 Å². The minimum Gasteiger partial charge on any atom is -0.365 e. The fourth-order valence-corrected chi connectivity index (χ4v) is 2.28. The molecule has 1 unspecified atom stereocenters. The summed E-state index contributed by atoms with van der Waals surface area (Å²) in [6, 6.07) is 2.89. The highest BCUT2D eigenvalue weighted by Gasteiger charge is 2.24. The molecule has 0 saturated carbocycles. The van der Waals surface area contributed by atoms with Crippen LogP contribution in [-0.4, -0.2) is 23.5 Å². The Morgan fingerprint density at radius 3 is 3.23 bits per heavy atom. The summed E-state index contributed by atoms with van der Waals surface area (Å²) >= 11 is 0. The van der Waals surface area contributed by atoms with E-state index in [0.717, 1.165) is 0 Å². The zero-order chi connectivity index (χ0) is 9.26. The third-order valence-corrected chi connectivity index (χ3v) is 3.04. The van der Waals surface area contributed by atoms with Crippen LogP contribution in [0.15, 0.2) is 12.3 Å². The van der Waals surface area contributed by atoms with Gasteiger partial charge in [0.2, 0.25) is 0 Å². The highest BCUT2D eigenvalue weighted by molar-refractivity contribution is 5.27. The van der Waals surface area contributed by atoms with E-state index in [1.165, 1.54) is 37.1 Å². The zero-order valence-corrected chi connectivity index (χ0v) is 8.51. The molecule has 2 nitrogen and oxygen atoms in total. The second-order valence-corrected chi connectivity index (χ2v) is 3.95. The molecule has 1 aromatic heterocycles. The second-order valence-electron chi connectivity index (χ2n) is 3.95. The van der Waals surface area contributed by atoms with Crippen LogP contribution >= 0.6 is 0 Å². The maximum absolute atomic E-state index is 3.34. The molecule has 1 aromatic rings. The Morgan fingerprint density at radius 1 is 1.62 bits per heavy atom. The molecule has 0 spiro atoms. The largest absolute Gasteiger partial charge is 0.365 e. The van der Waals surface area contributed by atoms with Gasteiger partial charge in [-0.25, -0.2) is 0 Å². The van der Waals surface area contributed by atoms with Gasteiger partial charge in [0.1, 0.15) is 0 Å². The standard InChI is InChI=1S/C11H18N2/c1-3-4-11-9-5-7-12-10(9)6-8-13(11)2/h5,7,11-12H,3-4,6,8H2,1-2H3. The van der Waals surface area contributed by atoms with Crippen molar-refractivity contribution in [3.63, 3.8) is 0 Å². The van der Waals surface area contributed by atoms with Crippen molar-refractivity contribution in [2.24, 2.45) is 0 Å². The third kappa shape index (κ3) is 1.51. The summed E-state index contributed by atoms with van der Waals surface area (Å²) in [7, 11) is 2.23. The highest BCUT2D eigenvalue weighted by Crippen LogP contribution is 2.30. The number of hydrogen-bond acceptors (Lipinski definition) is 1. The van der Waals surface area contributed by atoms with Gasteiger partial charge < -0.3 is 4.98 Å². The molecule has 1 aliphatic rings. The number of nitrogens with one attached hydrogen (secondary N) is 1. The van der Waals surface area contributed by atoms with E-state index in [0.29, 0.717) is 6.04 Å². The van der Waals surface area contributed by atoms with Crippen LogP contribution in [0.25, 0.3) is 0 Å². The molecule has 72 valence electrons. The molecule has 13 heavy (non-hydrogen) atoms. The maximum atomic E-state index is 3.34. The van der Waals surface area contributed by atoms with Crippen LogP contribution in [0.1, 0.15) is 37.1 Å². The average Bonchev–Trinajstić information content (AvgIpc) is 2.58. The van der Waals surface area contributed by atoms with E-state index in [1.54, 1.807) is 0 Å². The Labute approximate surface area is 79.9 Å². The molecule has 2 rings (SSSR count). The summed E-state index contributed by atoms with van der Waals surface area (Å²) in [5.74, 6) is 0. The Kier molecular flexibility index (Phi) is 2.40. The SMILES string of the molecule is CCCC1c2cc[nH]c2CCN1C. The van der Waals surface area contributed by atoms with Gasteiger partial charge in [-0.2, -0.15) is 0 Å². The van der Waals surface area contributed by atoms with Gasteiger partial charge in [0.05, 0.1) is 0 Å². The Balaban J connectivity index is 2.25. The summed E-state index contributed by atoms with van der Waals surface area (Å²) in [5.41, 5.74) is 2.98. The monoisotopic (exact) mass is 178 g/mol. The molecule has 2 heteroatoms. The van der Waals surface area contributed by atoms with Gasteiger partial charge in [-0.15, -0.1) is 0 Å². The number of nitrogens with zero attached hydrogens (tertiary/aromatic N) is 1. The van der Waals surface area contributed by atoms with Crippen molar-refractivity contribution in [2.45, 2.75) is 32.2 Å². The van der Waals surface area contributed by atoms with E-state index in [1.807, 2.05) is 0 Å². The van der Waals surface area contributed by atoms with Gasteiger partial charge in [0, 0.05) is 30.9 Å². The zero-order valence-electron chi connectivity index (χ0n) is 8.51. The topological polar surface area (TPSA) is 19.0 Å². The predicted molar refractivity (Wildman–Crippen MR) is 54.8 cm³/mol. The minimum absolute atomic E-state index is 0.653. The number of fused-ring (bicyclic) bond motifs is 1. The van der Waals surface area contributed by atoms with Crippen LogP contribution in [0.3, 0.4) is 0 Å². The Morgan fingerprint density at radius 2 is 2.46 bits per heavy atom. The van der Waals surface area contributed by atoms with Gasteiger partial charge in [-0.05, 0) is 25.1 Å².